The van der Waals surface area contributed by atoms with Crippen molar-refractivity contribution < 1.29 is 5.11 Å². The van der Waals surface area contributed by atoms with E-state index in [0.29, 0.717) is 6.04 Å². The lowest BCUT2D eigenvalue weighted by atomic mass is 9.96. The summed E-state index contributed by atoms with van der Waals surface area (Å²) in [5.74, 6) is 0. The maximum atomic E-state index is 10.8. The molecule has 0 amide bonds. The third-order valence-corrected chi connectivity index (χ3v) is 4.63. The van der Waals surface area contributed by atoms with Crippen LogP contribution in [0, 0.1) is 0 Å². The quantitative estimate of drug-likeness (QED) is 0.838. The van der Waals surface area contributed by atoms with Gasteiger partial charge >= 0.3 is 0 Å². The van der Waals surface area contributed by atoms with Crippen LogP contribution in [0.25, 0.3) is 0 Å². The summed E-state index contributed by atoms with van der Waals surface area (Å²) in [5.41, 5.74) is 2.48. The van der Waals surface area contributed by atoms with Crippen molar-refractivity contribution in [3.63, 3.8) is 0 Å². The highest BCUT2D eigenvalue weighted by Crippen LogP contribution is 2.32. The zero-order valence-corrected chi connectivity index (χ0v) is 12.5. The molecule has 0 fully saturated rings. The largest absolute Gasteiger partial charge is 0.387 e. The van der Waals surface area contributed by atoms with Gasteiger partial charge in [-0.3, -0.25) is 4.90 Å². The number of aliphatic hydroxyl groups is 1. The highest BCUT2D eigenvalue weighted by Gasteiger charge is 2.31. The standard InChI is InChI=1S/C17H27NO/c1-4-13(3)18(5-2)16-12-8-10-14-9-6-7-11-15(14)17(16)19/h6-7,9,11,13,16-17,19H,4-5,8,10,12H2,1-3H3. The van der Waals surface area contributed by atoms with Gasteiger partial charge in [0.1, 0.15) is 0 Å². The molecule has 2 heteroatoms. The van der Waals surface area contributed by atoms with Crippen LogP contribution in [-0.2, 0) is 6.42 Å². The van der Waals surface area contributed by atoms with Crippen LogP contribution < -0.4 is 0 Å². The van der Waals surface area contributed by atoms with Crippen LogP contribution in [0.2, 0.25) is 0 Å². The second-order valence-corrected chi connectivity index (χ2v) is 5.69. The van der Waals surface area contributed by atoms with Crippen molar-refractivity contribution >= 4 is 0 Å². The second kappa shape index (κ2) is 6.53. The Balaban J connectivity index is 2.27. The molecule has 2 nitrogen and oxygen atoms in total. The molecule has 0 bridgehead atoms. The molecular formula is C17H27NO. The summed E-state index contributed by atoms with van der Waals surface area (Å²) in [6, 6.07) is 9.20. The van der Waals surface area contributed by atoms with Crippen LogP contribution in [0.4, 0.5) is 0 Å². The molecule has 0 heterocycles. The number of benzene rings is 1. The summed E-state index contributed by atoms with van der Waals surface area (Å²) in [4.78, 5) is 2.48. The maximum Gasteiger partial charge on any atom is 0.0947 e. The summed E-state index contributed by atoms with van der Waals surface area (Å²) in [6.45, 7) is 7.71. The van der Waals surface area contributed by atoms with Crippen LogP contribution in [0.3, 0.4) is 0 Å². The van der Waals surface area contributed by atoms with Crippen LogP contribution in [0.15, 0.2) is 24.3 Å². The molecule has 19 heavy (non-hydrogen) atoms. The monoisotopic (exact) mass is 261 g/mol. The number of hydrogen-bond donors (Lipinski definition) is 1. The first-order chi connectivity index (χ1) is 9.19. The minimum atomic E-state index is -0.340. The molecular weight excluding hydrogens is 234 g/mol. The van der Waals surface area contributed by atoms with Gasteiger partial charge in [0.2, 0.25) is 0 Å². The van der Waals surface area contributed by atoms with Crippen molar-refractivity contribution in [2.75, 3.05) is 6.54 Å². The predicted molar refractivity (Wildman–Crippen MR) is 80.3 cm³/mol. The minimum Gasteiger partial charge on any atom is -0.387 e. The van der Waals surface area contributed by atoms with Gasteiger partial charge in [-0.05, 0) is 50.3 Å². The van der Waals surface area contributed by atoms with Crippen molar-refractivity contribution in [3.8, 4) is 0 Å². The Bertz CT molecular complexity index is 404. The van der Waals surface area contributed by atoms with Crippen LogP contribution in [-0.4, -0.2) is 28.6 Å². The first-order valence-electron chi connectivity index (χ1n) is 7.70. The molecule has 0 radical (unpaired) electrons. The number of aryl methyl sites for hydroxylation is 1. The fourth-order valence-corrected chi connectivity index (χ4v) is 3.37. The molecule has 0 aromatic heterocycles. The van der Waals surface area contributed by atoms with Gasteiger partial charge in [0, 0.05) is 12.1 Å². The van der Waals surface area contributed by atoms with E-state index in [2.05, 4.69) is 43.9 Å². The number of likely N-dealkylation sites (N-methyl/N-ethyl adjacent to an activating group) is 1. The first-order valence-corrected chi connectivity index (χ1v) is 7.70. The number of nitrogens with zero attached hydrogens (tertiary/aromatic N) is 1. The number of rotatable bonds is 4. The first kappa shape index (κ1) is 14.5. The fraction of sp³-hybridized carbons (Fsp3) is 0.647. The lowest BCUT2D eigenvalue weighted by molar-refractivity contribution is 0.0255. The lowest BCUT2D eigenvalue weighted by Crippen LogP contribution is -2.44. The molecule has 1 aromatic carbocycles. The third kappa shape index (κ3) is 3.01. The Morgan fingerprint density at radius 2 is 2.05 bits per heavy atom. The molecule has 2 rings (SSSR count). The summed E-state index contributed by atoms with van der Waals surface area (Å²) in [7, 11) is 0. The smallest absolute Gasteiger partial charge is 0.0947 e. The maximum absolute atomic E-state index is 10.8. The number of fused-ring (bicyclic) bond motifs is 1. The van der Waals surface area contributed by atoms with Crippen LogP contribution in [0.5, 0.6) is 0 Å². The molecule has 0 spiro atoms. The molecule has 3 unspecified atom stereocenters. The molecule has 1 aliphatic rings. The summed E-state index contributed by atoms with van der Waals surface area (Å²) in [5, 5.41) is 10.8. The molecule has 3 atom stereocenters. The van der Waals surface area contributed by atoms with Gasteiger partial charge < -0.3 is 5.11 Å². The van der Waals surface area contributed by atoms with Gasteiger partial charge in [-0.15, -0.1) is 0 Å². The topological polar surface area (TPSA) is 23.5 Å². The van der Waals surface area contributed by atoms with Gasteiger partial charge in [0.15, 0.2) is 0 Å². The molecule has 0 saturated carbocycles. The molecule has 1 N–H and O–H groups in total. The second-order valence-electron chi connectivity index (χ2n) is 5.69. The van der Waals surface area contributed by atoms with Gasteiger partial charge in [-0.25, -0.2) is 0 Å². The van der Waals surface area contributed by atoms with Gasteiger partial charge in [-0.1, -0.05) is 38.1 Å². The van der Waals surface area contributed by atoms with Crippen molar-refractivity contribution in [3.05, 3.63) is 35.4 Å². The molecule has 1 aromatic rings. The van der Waals surface area contributed by atoms with E-state index in [9.17, 15) is 5.11 Å². The van der Waals surface area contributed by atoms with E-state index in [1.165, 1.54) is 12.0 Å². The highest BCUT2D eigenvalue weighted by molar-refractivity contribution is 5.31. The van der Waals surface area contributed by atoms with Crippen LogP contribution >= 0.6 is 0 Å². The van der Waals surface area contributed by atoms with Crippen LogP contribution in [0.1, 0.15) is 57.3 Å². The molecule has 0 saturated heterocycles. The normalized spacial score (nSPS) is 24.9. The zero-order chi connectivity index (χ0) is 13.8. The zero-order valence-electron chi connectivity index (χ0n) is 12.5. The lowest BCUT2D eigenvalue weighted by Gasteiger charge is -2.37. The van der Waals surface area contributed by atoms with Crippen molar-refractivity contribution in [1.82, 2.24) is 4.90 Å². The van der Waals surface area contributed by atoms with E-state index in [4.69, 9.17) is 0 Å². The van der Waals surface area contributed by atoms with Gasteiger partial charge in [-0.2, -0.15) is 0 Å². The summed E-state index contributed by atoms with van der Waals surface area (Å²) < 4.78 is 0. The van der Waals surface area contributed by atoms with E-state index < -0.39 is 0 Å². The third-order valence-electron chi connectivity index (χ3n) is 4.63. The average Bonchev–Trinajstić information content (AvgIpc) is 2.60. The Labute approximate surface area is 117 Å². The van der Waals surface area contributed by atoms with Crippen molar-refractivity contribution in [2.45, 2.75) is 64.6 Å². The van der Waals surface area contributed by atoms with E-state index >= 15 is 0 Å². The highest BCUT2D eigenvalue weighted by atomic mass is 16.3. The van der Waals surface area contributed by atoms with E-state index in [1.54, 1.807) is 0 Å². The number of hydrogen-bond acceptors (Lipinski definition) is 2. The summed E-state index contributed by atoms with van der Waals surface area (Å²) >= 11 is 0. The van der Waals surface area contributed by atoms with Gasteiger partial charge in [0.05, 0.1) is 6.10 Å². The molecule has 106 valence electrons. The number of aliphatic hydroxyl groups excluding tert-OH is 1. The Hall–Kier alpha value is -0.860. The van der Waals surface area contributed by atoms with Crippen molar-refractivity contribution in [2.24, 2.45) is 0 Å². The molecule has 1 aliphatic carbocycles. The van der Waals surface area contributed by atoms with Gasteiger partial charge in [0.25, 0.3) is 0 Å². The van der Waals surface area contributed by atoms with E-state index in [1.807, 2.05) is 6.07 Å². The predicted octanol–water partition coefficient (Wildman–Crippen LogP) is 3.55. The minimum absolute atomic E-state index is 0.267. The Kier molecular flexibility index (Phi) is 5.00. The average molecular weight is 261 g/mol. The van der Waals surface area contributed by atoms with E-state index in [-0.39, 0.29) is 12.1 Å². The summed E-state index contributed by atoms with van der Waals surface area (Å²) in [6.07, 6.45) is 4.16. The van der Waals surface area contributed by atoms with E-state index in [0.717, 1.165) is 31.4 Å². The SMILES string of the molecule is CCC(C)N(CC)C1CCCc2ccccc2C1O. The fourth-order valence-electron chi connectivity index (χ4n) is 3.37. The molecule has 0 aliphatic heterocycles. The Morgan fingerprint density at radius 3 is 2.74 bits per heavy atom. The van der Waals surface area contributed by atoms with Crippen molar-refractivity contribution in [1.29, 1.82) is 0 Å². The Morgan fingerprint density at radius 1 is 1.32 bits per heavy atom.